The summed E-state index contributed by atoms with van der Waals surface area (Å²) in [5.74, 6) is -0.501. The van der Waals surface area contributed by atoms with Gasteiger partial charge in [0.2, 0.25) is 0 Å². The number of carbonyl (C=O) groups is 2. The number of nitrogens with zero attached hydrogens (tertiary/aromatic N) is 2. The molecule has 3 saturated heterocycles. The summed E-state index contributed by atoms with van der Waals surface area (Å²) in [5.41, 5.74) is -4.60. The first-order valence-electron chi connectivity index (χ1n) is 20.8. The molecule has 58 heavy (non-hydrogen) atoms. The first-order valence-corrected chi connectivity index (χ1v) is 20.8. The highest BCUT2D eigenvalue weighted by Crippen LogP contribution is 2.40. The van der Waals surface area contributed by atoms with Gasteiger partial charge in [-0.25, -0.2) is 4.79 Å². The third kappa shape index (κ3) is 11.6. The lowest BCUT2D eigenvalue weighted by molar-refractivity contribution is -0.317. The Morgan fingerprint density at radius 2 is 1.66 bits per heavy atom. The number of hydrogen-bond donors (Lipinski definition) is 5. The summed E-state index contributed by atoms with van der Waals surface area (Å²) in [7, 11) is 4.80. The molecule has 5 N–H and O–H groups in total. The monoisotopic (exact) mass is 831 g/mol. The number of ether oxygens (including phenoxy) is 7. The van der Waals surface area contributed by atoms with Gasteiger partial charge in [0.05, 0.1) is 47.6 Å². The minimum Gasteiger partial charge on any atom is -0.459 e. The molecule has 0 bridgehead atoms. The van der Waals surface area contributed by atoms with E-state index in [1.807, 2.05) is 11.8 Å². The quantitative estimate of drug-likeness (QED) is 0.129. The van der Waals surface area contributed by atoms with E-state index in [-0.39, 0.29) is 44.6 Å². The maximum absolute atomic E-state index is 14.3. The molecule has 0 spiro atoms. The highest BCUT2D eigenvalue weighted by molar-refractivity contribution is 5.73. The van der Waals surface area contributed by atoms with E-state index in [1.165, 1.54) is 26.0 Å². The van der Waals surface area contributed by atoms with Gasteiger partial charge in [-0.2, -0.15) is 0 Å². The summed E-state index contributed by atoms with van der Waals surface area (Å²) in [5, 5.41) is 58.7. The Hall–Kier alpha value is -2.14. The molecule has 0 aromatic heterocycles. The number of hydrogen-bond acceptors (Lipinski definition) is 15. The Labute approximate surface area is 345 Å². The van der Waals surface area contributed by atoms with E-state index in [9.17, 15) is 35.1 Å². The van der Waals surface area contributed by atoms with Crippen LogP contribution in [0.25, 0.3) is 0 Å². The minimum absolute atomic E-state index is 0.00652. The normalized spacial score (nSPS) is 45.3. The van der Waals surface area contributed by atoms with Gasteiger partial charge >= 0.3 is 12.1 Å². The third-order valence-corrected chi connectivity index (χ3v) is 12.8. The van der Waals surface area contributed by atoms with Gasteiger partial charge in [-0.15, -0.1) is 12.3 Å². The van der Waals surface area contributed by atoms with Crippen molar-refractivity contribution in [3.63, 3.8) is 0 Å². The van der Waals surface area contributed by atoms with Crippen molar-refractivity contribution >= 4 is 12.1 Å². The van der Waals surface area contributed by atoms with Crippen LogP contribution < -0.4 is 0 Å². The molecule has 3 heterocycles. The van der Waals surface area contributed by atoms with Crippen LogP contribution in [0.5, 0.6) is 0 Å². The second-order valence-corrected chi connectivity index (χ2v) is 17.9. The van der Waals surface area contributed by atoms with Gasteiger partial charge in [0.15, 0.2) is 12.6 Å². The number of rotatable bonds is 9. The predicted octanol–water partition coefficient (Wildman–Crippen LogP) is 2.43. The molecule has 3 fully saturated rings. The lowest BCUT2D eigenvalue weighted by atomic mass is 9.77. The Morgan fingerprint density at radius 3 is 2.24 bits per heavy atom. The summed E-state index contributed by atoms with van der Waals surface area (Å²) in [6, 6.07) is -1.39. The summed E-state index contributed by atoms with van der Waals surface area (Å²) < 4.78 is 42.8. The van der Waals surface area contributed by atoms with Crippen molar-refractivity contribution in [1.29, 1.82) is 0 Å². The molecule has 0 aromatic carbocycles. The van der Waals surface area contributed by atoms with Crippen molar-refractivity contribution in [2.24, 2.45) is 17.8 Å². The van der Waals surface area contributed by atoms with Crippen LogP contribution in [0.15, 0.2) is 0 Å². The van der Waals surface area contributed by atoms with Crippen LogP contribution in [-0.4, -0.2) is 172 Å². The van der Waals surface area contributed by atoms with Crippen LogP contribution in [0, 0.1) is 30.1 Å². The molecule has 1 unspecified atom stereocenters. The third-order valence-electron chi connectivity index (χ3n) is 12.8. The van der Waals surface area contributed by atoms with E-state index in [0.717, 1.165) is 0 Å². The molecule has 18 atom stereocenters. The molecular weight excluding hydrogens is 756 g/mol. The predicted molar refractivity (Wildman–Crippen MR) is 213 cm³/mol. The number of methoxy groups -OCH3 is 1. The zero-order valence-corrected chi connectivity index (χ0v) is 37.0. The number of terminal acetylenes is 1. The summed E-state index contributed by atoms with van der Waals surface area (Å²) in [6.07, 6.45) is -5.20. The fourth-order valence-corrected chi connectivity index (χ4v) is 9.04. The van der Waals surface area contributed by atoms with Crippen molar-refractivity contribution in [3.8, 4) is 12.3 Å². The molecule has 0 aromatic rings. The number of aliphatic hydroxyl groups excluding tert-OH is 3. The lowest BCUT2D eigenvalue weighted by Gasteiger charge is -2.49. The van der Waals surface area contributed by atoms with Crippen LogP contribution in [0.4, 0.5) is 4.79 Å². The topological polar surface area (TPSA) is 206 Å². The van der Waals surface area contributed by atoms with Crippen molar-refractivity contribution < 1.29 is 68.3 Å². The van der Waals surface area contributed by atoms with E-state index in [1.54, 1.807) is 62.4 Å². The fourth-order valence-electron chi connectivity index (χ4n) is 9.04. The average molecular weight is 831 g/mol. The number of carbonyl (C=O) groups excluding carboxylic acids is 2. The van der Waals surface area contributed by atoms with Gasteiger partial charge in [0.1, 0.15) is 36.6 Å². The first kappa shape index (κ1) is 50.2. The highest BCUT2D eigenvalue weighted by Gasteiger charge is 2.53. The maximum atomic E-state index is 14.3. The number of esters is 1. The maximum Gasteiger partial charge on any atom is 0.409 e. The van der Waals surface area contributed by atoms with Crippen LogP contribution in [0.3, 0.4) is 0 Å². The molecule has 16 heteroatoms. The van der Waals surface area contributed by atoms with Crippen molar-refractivity contribution in [2.45, 2.75) is 192 Å². The van der Waals surface area contributed by atoms with Crippen LogP contribution >= 0.6 is 0 Å². The van der Waals surface area contributed by atoms with Gasteiger partial charge < -0.3 is 68.5 Å². The number of aliphatic hydroxyl groups is 5. The molecule has 0 radical (unpaired) electrons. The van der Waals surface area contributed by atoms with Crippen LogP contribution in [0.1, 0.15) is 101 Å². The molecule has 3 aliphatic heterocycles. The number of amides is 1. The Kier molecular flexibility index (Phi) is 17.8. The van der Waals surface area contributed by atoms with E-state index < -0.39 is 114 Å². The molecule has 3 aliphatic rings. The first-order chi connectivity index (χ1) is 26.9. The Bertz CT molecular complexity index is 1380. The molecule has 3 rings (SSSR count). The second-order valence-electron chi connectivity index (χ2n) is 17.9. The summed E-state index contributed by atoms with van der Waals surface area (Å²) >= 11 is 0. The SMILES string of the molecule is C#CCCOC(=O)N(C)[C@H]1C[C@@H](C)OC(O[C@@H]2[C@@H](C)[C@H](O[C@H]3C[C@@](C)(OC)[C@@H](O)[C@H](C)O3)[C@@H](C)C(=O)O[C@H](CC)[C@@](C)(O)[C@H](O)[C@@H](C)N(C)C[C@H](C)C[C@@]2(C)O)[C@@H]1O. The Morgan fingerprint density at radius 1 is 1.02 bits per heavy atom. The van der Waals surface area contributed by atoms with E-state index in [0.29, 0.717) is 6.54 Å². The molecule has 336 valence electrons. The molecule has 1 amide bonds. The van der Waals surface area contributed by atoms with Gasteiger partial charge in [-0.3, -0.25) is 4.79 Å². The largest absolute Gasteiger partial charge is 0.459 e. The van der Waals surface area contributed by atoms with Crippen molar-refractivity contribution in [3.05, 3.63) is 0 Å². The smallest absolute Gasteiger partial charge is 0.409 e. The van der Waals surface area contributed by atoms with Gasteiger partial charge in [0, 0.05) is 45.5 Å². The fraction of sp³-hybridized carbons (Fsp3) is 0.905. The molecule has 16 nitrogen and oxygen atoms in total. The zero-order chi connectivity index (χ0) is 44.1. The van der Waals surface area contributed by atoms with E-state index in [2.05, 4.69) is 5.92 Å². The molecule has 0 saturated carbocycles. The minimum atomic E-state index is -1.85. The molecule has 0 aliphatic carbocycles. The van der Waals surface area contributed by atoms with Gasteiger partial charge in [-0.1, -0.05) is 20.8 Å². The van der Waals surface area contributed by atoms with Crippen LogP contribution in [0.2, 0.25) is 0 Å². The summed E-state index contributed by atoms with van der Waals surface area (Å²) in [6.45, 7) is 17.5. The van der Waals surface area contributed by atoms with Crippen molar-refractivity contribution in [2.75, 3.05) is 34.4 Å². The van der Waals surface area contributed by atoms with Crippen molar-refractivity contribution in [1.82, 2.24) is 9.80 Å². The van der Waals surface area contributed by atoms with Crippen LogP contribution in [-0.2, 0) is 38.0 Å². The highest BCUT2D eigenvalue weighted by atomic mass is 16.7. The van der Waals surface area contributed by atoms with E-state index >= 15 is 0 Å². The zero-order valence-electron chi connectivity index (χ0n) is 37.0. The Balaban J connectivity index is 2.16. The van der Waals surface area contributed by atoms with E-state index in [4.69, 9.17) is 39.6 Å². The number of likely N-dealkylation sites (N-methyl/N-ethyl adjacent to an activating group) is 2. The number of cyclic esters (lactones) is 1. The average Bonchev–Trinajstić information content (AvgIpc) is 3.15. The molecular formula is C42H74N2O14. The van der Waals surface area contributed by atoms with Gasteiger partial charge in [-0.05, 0) is 80.7 Å². The second kappa shape index (κ2) is 20.6. The standard InChI is InChI=1S/C42H74N2O14/c1-15-17-18-53-39(49)44(13)29-19-24(4)54-38(32(29)45)58-36-25(5)33(57-31-21-41(10,52-14)35(47)28(8)55-31)26(6)37(48)56-30(16-2)42(11,51)34(46)27(7)43(12)22-23(3)20-40(36,9)50/h1,23-36,38,45-47,50-51H,16-22H2,2-14H3/t23-,24-,25+,26-,27-,28+,29+,30-,31+,32-,33+,34-,35+,36-,38?,40-,41-,42-/m1/s1. The lowest BCUT2D eigenvalue weighted by Crippen LogP contribution is -2.61. The summed E-state index contributed by atoms with van der Waals surface area (Å²) in [4.78, 5) is 30.4. The van der Waals surface area contributed by atoms with Gasteiger partial charge in [0.25, 0.3) is 0 Å².